The molecule has 0 radical (unpaired) electrons. The fourth-order valence-electron chi connectivity index (χ4n) is 3.40. The van der Waals surface area contributed by atoms with E-state index >= 15 is 0 Å². The van der Waals surface area contributed by atoms with Gasteiger partial charge in [0.2, 0.25) is 0 Å². The number of rotatable bonds is 3. The molecule has 0 aliphatic carbocycles. The van der Waals surface area contributed by atoms with Crippen LogP contribution in [0.4, 0.5) is 5.69 Å². The molecule has 6 heteroatoms. The molecule has 4 rings (SSSR count). The maximum atomic E-state index is 12.5. The molecule has 0 fully saturated rings. The van der Waals surface area contributed by atoms with Gasteiger partial charge < -0.3 is 15.0 Å². The van der Waals surface area contributed by atoms with Crippen molar-refractivity contribution >= 4 is 35.0 Å². The number of anilines is 1. The highest BCUT2D eigenvalue weighted by molar-refractivity contribution is 7.84. The van der Waals surface area contributed by atoms with E-state index in [0.29, 0.717) is 5.03 Å². The van der Waals surface area contributed by atoms with Crippen LogP contribution in [0.2, 0.25) is 0 Å². The Balaban J connectivity index is 1.93. The van der Waals surface area contributed by atoms with Gasteiger partial charge in [0, 0.05) is 5.39 Å². The van der Waals surface area contributed by atoms with Crippen molar-refractivity contribution in [2.45, 2.75) is 6.17 Å². The van der Waals surface area contributed by atoms with Crippen LogP contribution in [0, 0.1) is 11.3 Å². The molecule has 138 valence electrons. The number of hydrogen-bond donors (Lipinski definition) is 2. The Morgan fingerprint density at radius 1 is 1.07 bits per heavy atom. The number of fused-ring (bicyclic) bond motifs is 1. The molecule has 1 unspecified atom stereocenters. The van der Waals surface area contributed by atoms with Crippen molar-refractivity contribution < 1.29 is 9.53 Å². The summed E-state index contributed by atoms with van der Waals surface area (Å²) < 4.78 is 5.23. The zero-order valence-electron chi connectivity index (χ0n) is 15.1. The number of hydrogen-bond acceptors (Lipinski definition) is 5. The molecule has 0 bridgehead atoms. The summed E-state index contributed by atoms with van der Waals surface area (Å²) in [5.74, 6) is 0.284. The van der Waals surface area contributed by atoms with Crippen molar-refractivity contribution in [2.75, 3.05) is 12.0 Å². The Hall–Kier alpha value is -3.43. The van der Waals surface area contributed by atoms with Crippen LogP contribution in [0.3, 0.4) is 0 Å². The highest BCUT2D eigenvalue weighted by Gasteiger charge is 2.34. The first-order valence-electron chi connectivity index (χ1n) is 8.69. The van der Waals surface area contributed by atoms with Crippen molar-refractivity contribution in [3.63, 3.8) is 0 Å². The molecule has 0 aromatic heterocycles. The van der Waals surface area contributed by atoms with E-state index in [1.807, 2.05) is 77.7 Å². The van der Waals surface area contributed by atoms with Crippen LogP contribution < -0.4 is 15.0 Å². The Morgan fingerprint density at radius 3 is 2.50 bits per heavy atom. The van der Waals surface area contributed by atoms with E-state index in [1.54, 1.807) is 7.11 Å². The lowest BCUT2D eigenvalue weighted by Gasteiger charge is -2.38. The van der Waals surface area contributed by atoms with Gasteiger partial charge in [0.15, 0.2) is 0 Å². The number of carbonyl (C=O) groups excluding carboxylic acids is 1. The first-order chi connectivity index (χ1) is 13.6. The molecule has 0 spiro atoms. The van der Waals surface area contributed by atoms with Crippen LogP contribution >= 0.6 is 12.6 Å². The highest BCUT2D eigenvalue weighted by Crippen LogP contribution is 2.39. The highest BCUT2D eigenvalue weighted by atomic mass is 32.1. The van der Waals surface area contributed by atoms with Crippen molar-refractivity contribution in [2.24, 2.45) is 0 Å². The lowest BCUT2D eigenvalue weighted by Crippen LogP contribution is -2.46. The zero-order valence-corrected chi connectivity index (χ0v) is 16.0. The van der Waals surface area contributed by atoms with Gasteiger partial charge in [0.05, 0.1) is 17.8 Å². The molecule has 3 aromatic carbocycles. The van der Waals surface area contributed by atoms with Gasteiger partial charge >= 0.3 is 0 Å². The van der Waals surface area contributed by atoms with Crippen LogP contribution in [-0.2, 0) is 4.79 Å². The average molecular weight is 387 g/mol. The van der Waals surface area contributed by atoms with Gasteiger partial charge in [-0.2, -0.15) is 5.26 Å². The molecule has 1 atom stereocenters. The summed E-state index contributed by atoms with van der Waals surface area (Å²) in [4.78, 5) is 14.4. The molecule has 5 nitrogen and oxygen atoms in total. The molecule has 1 heterocycles. The molecule has 28 heavy (non-hydrogen) atoms. The predicted molar refractivity (Wildman–Crippen MR) is 112 cm³/mol. The summed E-state index contributed by atoms with van der Waals surface area (Å²) in [6.45, 7) is 0. The maximum absolute atomic E-state index is 12.5. The number of nitrogens with one attached hydrogen (secondary N) is 1. The quantitative estimate of drug-likeness (QED) is 0.663. The van der Waals surface area contributed by atoms with E-state index in [2.05, 4.69) is 17.9 Å². The number of benzene rings is 3. The van der Waals surface area contributed by atoms with Gasteiger partial charge in [-0.25, -0.2) is 0 Å². The summed E-state index contributed by atoms with van der Waals surface area (Å²) in [6.07, 6.45) is -0.506. The van der Waals surface area contributed by atoms with E-state index in [4.69, 9.17) is 4.74 Å². The number of amides is 1. The van der Waals surface area contributed by atoms with Crippen molar-refractivity contribution in [1.29, 1.82) is 5.26 Å². The fraction of sp³-hybridized carbons (Fsp3) is 0.0909. The van der Waals surface area contributed by atoms with Gasteiger partial charge in [0.1, 0.15) is 23.6 Å². The lowest BCUT2D eigenvalue weighted by atomic mass is 10.0. The average Bonchev–Trinajstić information content (AvgIpc) is 2.73. The molecule has 3 aromatic rings. The summed E-state index contributed by atoms with van der Waals surface area (Å²) in [7, 11) is 1.60. The van der Waals surface area contributed by atoms with Crippen molar-refractivity contribution in [3.05, 3.63) is 82.9 Å². The van der Waals surface area contributed by atoms with Gasteiger partial charge in [-0.1, -0.05) is 48.5 Å². The zero-order chi connectivity index (χ0) is 19.7. The largest absolute Gasteiger partial charge is 0.497 e. The Morgan fingerprint density at radius 2 is 1.79 bits per heavy atom. The second-order valence-corrected chi connectivity index (χ2v) is 6.75. The van der Waals surface area contributed by atoms with Gasteiger partial charge in [-0.3, -0.25) is 4.79 Å². The third-order valence-electron chi connectivity index (χ3n) is 4.77. The fourth-order valence-corrected chi connectivity index (χ4v) is 3.77. The standard InChI is InChI=1S/C22H17N3O2S/c1-27-16-11-9-15(10-12-16)20-24-21(26)18(13-23)22(28)25(20)19-8-4-6-14-5-2-3-7-17(14)19/h2-12,20,28H,1H3,(H,24,26). The minimum Gasteiger partial charge on any atom is -0.497 e. The third kappa shape index (κ3) is 2.96. The molecular formula is C22H17N3O2S. The van der Waals surface area contributed by atoms with Gasteiger partial charge in [-0.15, -0.1) is 12.6 Å². The molecule has 1 aliphatic heterocycles. The Bertz CT molecular complexity index is 1130. The number of nitrogens with zero attached hydrogens (tertiary/aromatic N) is 2. The summed E-state index contributed by atoms with van der Waals surface area (Å²) in [5.41, 5.74) is 1.70. The number of nitriles is 1. The van der Waals surface area contributed by atoms with Crippen LogP contribution in [0.25, 0.3) is 10.8 Å². The lowest BCUT2D eigenvalue weighted by molar-refractivity contribution is -0.118. The summed E-state index contributed by atoms with van der Waals surface area (Å²) in [6, 6.07) is 23.3. The molecule has 1 N–H and O–H groups in total. The maximum Gasteiger partial charge on any atom is 0.266 e. The topological polar surface area (TPSA) is 65.4 Å². The molecule has 1 aliphatic rings. The Labute approximate surface area is 168 Å². The second kappa shape index (κ2) is 7.29. The summed E-state index contributed by atoms with van der Waals surface area (Å²) >= 11 is 4.57. The van der Waals surface area contributed by atoms with E-state index in [-0.39, 0.29) is 5.57 Å². The number of carbonyl (C=O) groups is 1. The first-order valence-corrected chi connectivity index (χ1v) is 9.14. The van der Waals surface area contributed by atoms with E-state index < -0.39 is 12.1 Å². The van der Waals surface area contributed by atoms with Crippen LogP contribution in [0.15, 0.2) is 77.3 Å². The third-order valence-corrected chi connectivity index (χ3v) is 5.21. The molecule has 0 saturated heterocycles. The predicted octanol–water partition coefficient (Wildman–Crippen LogP) is 4.15. The monoisotopic (exact) mass is 387 g/mol. The minimum atomic E-state index is -0.506. The van der Waals surface area contributed by atoms with Crippen molar-refractivity contribution in [1.82, 2.24) is 5.32 Å². The second-order valence-electron chi connectivity index (χ2n) is 6.33. The first kappa shape index (κ1) is 18.0. The number of thiol groups is 1. The molecular weight excluding hydrogens is 370 g/mol. The molecule has 0 saturated carbocycles. The van der Waals surface area contributed by atoms with Crippen LogP contribution in [0.1, 0.15) is 11.7 Å². The van der Waals surface area contributed by atoms with E-state index in [9.17, 15) is 10.1 Å². The SMILES string of the molecule is COc1ccc(C2NC(=O)C(C#N)=C(S)N2c2cccc3ccccc23)cc1. The van der Waals surface area contributed by atoms with E-state index in [0.717, 1.165) is 27.8 Å². The smallest absolute Gasteiger partial charge is 0.266 e. The van der Waals surface area contributed by atoms with Crippen LogP contribution in [0.5, 0.6) is 5.75 Å². The molecule has 1 amide bonds. The number of methoxy groups -OCH3 is 1. The Kier molecular flexibility index (Phi) is 4.68. The summed E-state index contributed by atoms with van der Waals surface area (Å²) in [5, 5.41) is 14.8. The number of ether oxygens (including phenoxy) is 1. The normalized spacial score (nSPS) is 16.7. The minimum absolute atomic E-state index is 0.0129. The van der Waals surface area contributed by atoms with Crippen LogP contribution in [-0.4, -0.2) is 13.0 Å². The van der Waals surface area contributed by atoms with Crippen molar-refractivity contribution in [3.8, 4) is 11.8 Å². The van der Waals surface area contributed by atoms with E-state index in [1.165, 1.54) is 0 Å². The van der Waals surface area contributed by atoms with Gasteiger partial charge in [-0.05, 0) is 29.1 Å². The van der Waals surface area contributed by atoms with Gasteiger partial charge in [0.25, 0.3) is 5.91 Å².